The molecule has 0 spiro atoms. The molecule has 3 rings (SSSR count). The normalized spacial score (nSPS) is 11.5. The zero-order valence-electron chi connectivity index (χ0n) is 13.3. The molecule has 1 heterocycles. The van der Waals surface area contributed by atoms with Gasteiger partial charge in [0.05, 0.1) is 18.1 Å². The second-order valence-electron chi connectivity index (χ2n) is 5.58. The Bertz CT molecular complexity index is 966. The lowest BCUT2D eigenvalue weighted by molar-refractivity contribution is -0.121. The number of aromatic hydroxyl groups is 1. The van der Waals surface area contributed by atoms with Gasteiger partial charge in [0.15, 0.2) is 11.6 Å². The van der Waals surface area contributed by atoms with E-state index < -0.39 is 0 Å². The van der Waals surface area contributed by atoms with Crippen LogP contribution in [0.1, 0.15) is 17.5 Å². The molecule has 3 aromatic rings. The van der Waals surface area contributed by atoms with Gasteiger partial charge in [0.2, 0.25) is 0 Å². The molecule has 2 aromatic carbocycles. The number of carbonyl (C=O) groups is 2. The average Bonchev–Trinajstić information content (AvgIpc) is 3.07. The largest absolute Gasteiger partial charge is 0.508 e. The molecule has 0 aliphatic carbocycles. The molecule has 0 saturated carbocycles. The molecule has 0 saturated heterocycles. The standard InChI is InChI=1S/C20H16N2O3/c23-17-6-1-14(2-7-17)3-8-18(24)12-19(25)9-4-15-5-10-20-16(11-15)13-21-22-20/h1-11,13,23H,12H2,(H,21,22)/b8-3+,9-4+. The van der Waals surface area contributed by atoms with Crippen LogP contribution in [-0.4, -0.2) is 26.9 Å². The Morgan fingerprint density at radius 2 is 1.60 bits per heavy atom. The van der Waals surface area contributed by atoms with Crippen molar-refractivity contribution in [3.05, 3.63) is 71.9 Å². The summed E-state index contributed by atoms with van der Waals surface area (Å²) in [5.74, 6) is -0.363. The first kappa shape index (κ1) is 16.4. The van der Waals surface area contributed by atoms with E-state index in [2.05, 4.69) is 10.2 Å². The maximum Gasteiger partial charge on any atom is 0.163 e. The first-order valence-corrected chi connectivity index (χ1v) is 7.74. The minimum atomic E-state index is -0.270. The smallest absolute Gasteiger partial charge is 0.163 e. The molecule has 25 heavy (non-hydrogen) atoms. The van der Waals surface area contributed by atoms with Crippen molar-refractivity contribution in [2.75, 3.05) is 0 Å². The Morgan fingerprint density at radius 1 is 0.960 bits per heavy atom. The first-order valence-electron chi connectivity index (χ1n) is 7.74. The van der Waals surface area contributed by atoms with Crippen LogP contribution < -0.4 is 0 Å². The van der Waals surface area contributed by atoms with Gasteiger partial charge in [-0.3, -0.25) is 14.7 Å². The molecule has 124 valence electrons. The van der Waals surface area contributed by atoms with Crippen LogP contribution >= 0.6 is 0 Å². The van der Waals surface area contributed by atoms with Gasteiger partial charge in [0, 0.05) is 5.39 Å². The fourth-order valence-corrected chi connectivity index (χ4v) is 2.32. The van der Waals surface area contributed by atoms with Crippen molar-refractivity contribution in [1.29, 1.82) is 0 Å². The third kappa shape index (κ3) is 4.51. The van der Waals surface area contributed by atoms with Gasteiger partial charge in [0.25, 0.3) is 0 Å². The van der Waals surface area contributed by atoms with E-state index in [0.29, 0.717) is 0 Å². The van der Waals surface area contributed by atoms with Crippen LogP contribution in [0, 0.1) is 0 Å². The molecule has 0 atom stereocenters. The Labute approximate surface area is 144 Å². The highest BCUT2D eigenvalue weighted by molar-refractivity contribution is 6.10. The number of nitrogens with one attached hydrogen (secondary N) is 1. The van der Waals surface area contributed by atoms with Crippen LogP contribution in [0.3, 0.4) is 0 Å². The molecule has 0 unspecified atom stereocenters. The quantitative estimate of drug-likeness (QED) is 0.534. The van der Waals surface area contributed by atoms with Crippen LogP contribution in [0.5, 0.6) is 5.75 Å². The molecule has 0 aliphatic rings. The van der Waals surface area contributed by atoms with Crippen molar-refractivity contribution < 1.29 is 14.7 Å². The Hall–Kier alpha value is -3.47. The van der Waals surface area contributed by atoms with Crippen molar-refractivity contribution in [2.45, 2.75) is 6.42 Å². The van der Waals surface area contributed by atoms with E-state index in [4.69, 9.17) is 0 Å². The number of nitrogens with zero attached hydrogens (tertiary/aromatic N) is 1. The predicted octanol–water partition coefficient (Wildman–Crippen LogP) is 3.52. The molecular formula is C20H16N2O3. The van der Waals surface area contributed by atoms with Crippen LogP contribution in [0.15, 0.2) is 60.8 Å². The number of benzene rings is 2. The lowest BCUT2D eigenvalue weighted by Gasteiger charge is -1.95. The van der Waals surface area contributed by atoms with E-state index in [1.165, 1.54) is 24.3 Å². The van der Waals surface area contributed by atoms with Crippen molar-refractivity contribution in [3.8, 4) is 5.75 Å². The summed E-state index contributed by atoms with van der Waals surface area (Å²) < 4.78 is 0. The zero-order valence-corrected chi connectivity index (χ0v) is 13.3. The summed E-state index contributed by atoms with van der Waals surface area (Å²) in [7, 11) is 0. The van der Waals surface area contributed by atoms with E-state index in [-0.39, 0.29) is 23.7 Å². The highest BCUT2D eigenvalue weighted by atomic mass is 16.3. The maximum atomic E-state index is 11.9. The van der Waals surface area contributed by atoms with E-state index in [0.717, 1.165) is 22.0 Å². The van der Waals surface area contributed by atoms with Gasteiger partial charge in [-0.1, -0.05) is 30.4 Å². The summed E-state index contributed by atoms with van der Waals surface area (Å²) in [4.78, 5) is 23.7. The van der Waals surface area contributed by atoms with Gasteiger partial charge in [-0.05, 0) is 47.5 Å². The number of phenols is 1. The summed E-state index contributed by atoms with van der Waals surface area (Å²) in [6, 6.07) is 12.1. The third-order valence-electron chi connectivity index (χ3n) is 3.63. The van der Waals surface area contributed by atoms with Crippen LogP contribution in [0.25, 0.3) is 23.1 Å². The minimum absolute atomic E-state index is 0.164. The van der Waals surface area contributed by atoms with Crippen LogP contribution in [0.4, 0.5) is 0 Å². The van der Waals surface area contributed by atoms with Crippen molar-refractivity contribution in [3.63, 3.8) is 0 Å². The summed E-state index contributed by atoms with van der Waals surface area (Å²) >= 11 is 0. The number of aromatic amines is 1. The fourth-order valence-electron chi connectivity index (χ4n) is 2.32. The number of ketones is 2. The van der Waals surface area contributed by atoms with Gasteiger partial charge < -0.3 is 5.11 Å². The molecule has 0 bridgehead atoms. The van der Waals surface area contributed by atoms with Gasteiger partial charge in [-0.2, -0.15) is 5.10 Å². The summed E-state index contributed by atoms with van der Waals surface area (Å²) in [5.41, 5.74) is 2.58. The van der Waals surface area contributed by atoms with E-state index in [1.807, 2.05) is 18.2 Å². The number of H-pyrrole nitrogens is 1. The number of allylic oxidation sites excluding steroid dienone is 2. The van der Waals surface area contributed by atoms with Gasteiger partial charge in [0.1, 0.15) is 5.75 Å². The molecular weight excluding hydrogens is 316 g/mol. The van der Waals surface area contributed by atoms with E-state index in [9.17, 15) is 14.7 Å². The molecule has 1 aromatic heterocycles. The SMILES string of the molecule is O=C(/C=C/c1ccc(O)cc1)CC(=O)/C=C/c1ccc2[nH]ncc2c1. The Kier molecular flexibility index (Phi) is 4.85. The minimum Gasteiger partial charge on any atom is -0.508 e. The first-order chi connectivity index (χ1) is 12.1. The van der Waals surface area contributed by atoms with Crippen molar-refractivity contribution in [2.24, 2.45) is 0 Å². The number of fused-ring (bicyclic) bond motifs is 1. The Balaban J connectivity index is 1.57. The van der Waals surface area contributed by atoms with Crippen molar-refractivity contribution in [1.82, 2.24) is 10.2 Å². The topological polar surface area (TPSA) is 83.0 Å². The van der Waals surface area contributed by atoms with Crippen LogP contribution in [-0.2, 0) is 9.59 Å². The number of aromatic nitrogens is 2. The fraction of sp³-hybridized carbons (Fsp3) is 0.0500. The molecule has 5 heteroatoms. The number of phenolic OH excluding ortho intramolecular Hbond substituents is 1. The summed E-state index contributed by atoms with van der Waals surface area (Å²) in [6.07, 6.45) is 7.62. The molecule has 0 radical (unpaired) electrons. The molecule has 0 fully saturated rings. The predicted molar refractivity (Wildman–Crippen MR) is 96.9 cm³/mol. The highest BCUT2D eigenvalue weighted by Gasteiger charge is 2.04. The summed E-state index contributed by atoms with van der Waals surface area (Å²) in [5, 5.41) is 17.0. The van der Waals surface area contributed by atoms with Gasteiger partial charge in [-0.25, -0.2) is 0 Å². The lowest BCUT2D eigenvalue weighted by atomic mass is 10.1. The van der Waals surface area contributed by atoms with Crippen molar-refractivity contribution >= 4 is 34.6 Å². The Morgan fingerprint density at radius 3 is 2.32 bits per heavy atom. The molecule has 0 aliphatic heterocycles. The number of carbonyl (C=O) groups excluding carboxylic acids is 2. The number of rotatable bonds is 6. The van der Waals surface area contributed by atoms with Gasteiger partial charge >= 0.3 is 0 Å². The summed E-state index contributed by atoms with van der Waals surface area (Å²) in [6.45, 7) is 0. The third-order valence-corrected chi connectivity index (χ3v) is 3.63. The average molecular weight is 332 g/mol. The van der Waals surface area contributed by atoms with E-state index in [1.54, 1.807) is 30.5 Å². The second-order valence-corrected chi connectivity index (χ2v) is 5.58. The van der Waals surface area contributed by atoms with Crippen LogP contribution in [0.2, 0.25) is 0 Å². The molecule has 0 amide bonds. The monoisotopic (exact) mass is 332 g/mol. The zero-order chi connectivity index (χ0) is 17.6. The molecule has 2 N–H and O–H groups in total. The highest BCUT2D eigenvalue weighted by Crippen LogP contribution is 2.14. The second kappa shape index (κ2) is 7.40. The lowest BCUT2D eigenvalue weighted by Crippen LogP contribution is -2.01. The maximum absolute atomic E-state index is 11.9. The molecule has 5 nitrogen and oxygen atoms in total. The van der Waals surface area contributed by atoms with Gasteiger partial charge in [-0.15, -0.1) is 0 Å². The number of hydrogen-bond acceptors (Lipinski definition) is 4. The van der Waals surface area contributed by atoms with E-state index >= 15 is 0 Å². The number of hydrogen-bond donors (Lipinski definition) is 2.